The maximum atomic E-state index is 12.1. The van der Waals surface area contributed by atoms with E-state index in [0.29, 0.717) is 10.8 Å². The van der Waals surface area contributed by atoms with E-state index in [1.807, 2.05) is 53.1 Å². The van der Waals surface area contributed by atoms with Crippen molar-refractivity contribution in [3.05, 3.63) is 71.1 Å². The lowest BCUT2D eigenvalue weighted by Crippen LogP contribution is -2.08. The molecule has 3 aromatic rings. The van der Waals surface area contributed by atoms with Gasteiger partial charge >= 0.3 is 0 Å². The van der Waals surface area contributed by atoms with Crippen LogP contribution in [0.3, 0.4) is 0 Å². The van der Waals surface area contributed by atoms with Crippen molar-refractivity contribution in [3.63, 3.8) is 0 Å². The maximum Gasteiger partial charge on any atom is 0.248 e. The first kappa shape index (κ1) is 15.3. The van der Waals surface area contributed by atoms with Crippen molar-refractivity contribution in [3.8, 4) is 0 Å². The molecule has 2 aromatic heterocycles. The van der Waals surface area contributed by atoms with Gasteiger partial charge in [0.2, 0.25) is 5.91 Å². The highest BCUT2D eigenvalue weighted by molar-refractivity contribution is 6.31. The van der Waals surface area contributed by atoms with E-state index in [0.717, 1.165) is 17.8 Å². The Morgan fingerprint density at radius 3 is 3.00 bits per heavy atom. The van der Waals surface area contributed by atoms with Crippen molar-refractivity contribution in [2.75, 3.05) is 5.32 Å². The van der Waals surface area contributed by atoms with E-state index >= 15 is 0 Å². The fraction of sp³-hybridized carbons (Fsp3) is 0.111. The van der Waals surface area contributed by atoms with Crippen LogP contribution < -0.4 is 5.32 Å². The van der Waals surface area contributed by atoms with Gasteiger partial charge in [-0.25, -0.2) is 4.98 Å². The number of hydrogen-bond acceptors (Lipinski definition) is 2. The third-order valence-electron chi connectivity index (χ3n) is 3.52. The molecule has 0 fully saturated rings. The molecule has 0 spiro atoms. The topological polar surface area (TPSA) is 46.4 Å². The van der Waals surface area contributed by atoms with Gasteiger partial charge in [-0.15, -0.1) is 0 Å². The van der Waals surface area contributed by atoms with Gasteiger partial charge in [0.15, 0.2) is 5.15 Å². The Labute approximate surface area is 139 Å². The van der Waals surface area contributed by atoms with Crippen LogP contribution >= 0.6 is 11.6 Å². The number of nitrogens with zero attached hydrogens (tertiary/aromatic N) is 2. The summed E-state index contributed by atoms with van der Waals surface area (Å²) in [4.78, 5) is 16.3. The van der Waals surface area contributed by atoms with Crippen molar-refractivity contribution in [1.29, 1.82) is 0 Å². The molecule has 0 aliphatic rings. The first-order valence-electron chi connectivity index (χ1n) is 7.38. The molecule has 116 valence electrons. The standard InChI is InChI=1S/C18H16ClN3O/c1-2-13-6-5-7-14(12-13)20-17(23)10-9-15-18(19)21-16-8-3-4-11-22(15)16/h3-12H,2H2,1H3,(H,20,23). The summed E-state index contributed by atoms with van der Waals surface area (Å²) in [6, 6.07) is 13.4. The summed E-state index contributed by atoms with van der Waals surface area (Å²) in [6.45, 7) is 2.08. The predicted molar refractivity (Wildman–Crippen MR) is 93.7 cm³/mol. The van der Waals surface area contributed by atoms with Gasteiger partial charge < -0.3 is 5.32 Å². The minimum Gasteiger partial charge on any atom is -0.323 e. The minimum atomic E-state index is -0.208. The smallest absolute Gasteiger partial charge is 0.248 e. The van der Waals surface area contributed by atoms with Gasteiger partial charge in [-0.2, -0.15) is 0 Å². The summed E-state index contributed by atoms with van der Waals surface area (Å²) in [5, 5.41) is 3.22. The van der Waals surface area contributed by atoms with Crippen LogP contribution in [0.5, 0.6) is 0 Å². The second-order valence-corrected chi connectivity index (χ2v) is 5.45. The van der Waals surface area contributed by atoms with E-state index in [-0.39, 0.29) is 5.91 Å². The number of hydrogen-bond donors (Lipinski definition) is 1. The molecule has 2 heterocycles. The van der Waals surface area contributed by atoms with E-state index in [1.165, 1.54) is 11.6 Å². The molecule has 0 atom stereocenters. The highest BCUT2D eigenvalue weighted by Gasteiger charge is 2.07. The lowest BCUT2D eigenvalue weighted by molar-refractivity contribution is -0.111. The number of pyridine rings is 1. The molecule has 1 N–H and O–H groups in total. The summed E-state index contributed by atoms with van der Waals surface area (Å²) >= 11 is 6.14. The quantitative estimate of drug-likeness (QED) is 0.731. The number of imidazole rings is 1. The highest BCUT2D eigenvalue weighted by atomic mass is 35.5. The maximum absolute atomic E-state index is 12.1. The summed E-state index contributed by atoms with van der Waals surface area (Å²) in [5.74, 6) is -0.208. The number of aromatic nitrogens is 2. The van der Waals surface area contributed by atoms with Crippen molar-refractivity contribution in [1.82, 2.24) is 9.38 Å². The number of anilines is 1. The molecule has 5 heteroatoms. The number of aryl methyl sites for hydroxylation is 1. The zero-order valence-electron chi connectivity index (χ0n) is 12.7. The van der Waals surface area contributed by atoms with Crippen molar-refractivity contribution < 1.29 is 4.79 Å². The molecular weight excluding hydrogens is 310 g/mol. The first-order chi connectivity index (χ1) is 11.2. The van der Waals surface area contributed by atoms with Gasteiger partial charge in [0.05, 0.1) is 5.69 Å². The van der Waals surface area contributed by atoms with E-state index in [1.54, 1.807) is 6.08 Å². The highest BCUT2D eigenvalue weighted by Crippen LogP contribution is 2.19. The molecule has 0 saturated heterocycles. The van der Waals surface area contributed by atoms with Gasteiger partial charge in [0.25, 0.3) is 0 Å². The molecule has 3 rings (SSSR count). The molecule has 1 amide bonds. The second-order valence-electron chi connectivity index (χ2n) is 5.09. The Hall–Kier alpha value is -2.59. The van der Waals surface area contributed by atoms with Crippen molar-refractivity contribution >= 4 is 34.9 Å². The molecule has 0 saturated carbocycles. The van der Waals surface area contributed by atoms with E-state index in [2.05, 4.69) is 17.2 Å². The number of fused-ring (bicyclic) bond motifs is 1. The third kappa shape index (κ3) is 3.43. The Balaban J connectivity index is 1.78. The number of rotatable bonds is 4. The largest absolute Gasteiger partial charge is 0.323 e. The average molecular weight is 326 g/mol. The Kier molecular flexibility index (Phi) is 4.44. The third-order valence-corrected chi connectivity index (χ3v) is 3.80. The van der Waals surface area contributed by atoms with Crippen LogP contribution in [0.1, 0.15) is 18.2 Å². The zero-order valence-corrected chi connectivity index (χ0v) is 13.4. The van der Waals surface area contributed by atoms with Crippen LogP contribution in [0.4, 0.5) is 5.69 Å². The lowest BCUT2D eigenvalue weighted by Gasteiger charge is -2.04. The number of benzene rings is 1. The van der Waals surface area contributed by atoms with Gasteiger partial charge in [0, 0.05) is 18.0 Å². The van der Waals surface area contributed by atoms with Crippen LogP contribution in [-0.4, -0.2) is 15.3 Å². The molecule has 0 aliphatic heterocycles. The number of carbonyl (C=O) groups is 1. The van der Waals surface area contributed by atoms with Crippen LogP contribution in [0, 0.1) is 0 Å². The fourth-order valence-electron chi connectivity index (χ4n) is 2.34. The van der Waals surface area contributed by atoms with Crippen molar-refractivity contribution in [2.24, 2.45) is 0 Å². The number of nitrogens with one attached hydrogen (secondary N) is 1. The second kappa shape index (κ2) is 6.67. The van der Waals surface area contributed by atoms with E-state index in [9.17, 15) is 4.79 Å². The molecule has 0 unspecified atom stereocenters. The fourth-order valence-corrected chi connectivity index (χ4v) is 2.58. The molecule has 4 nitrogen and oxygen atoms in total. The van der Waals surface area contributed by atoms with Gasteiger partial charge in [-0.3, -0.25) is 9.20 Å². The zero-order chi connectivity index (χ0) is 16.2. The van der Waals surface area contributed by atoms with Crippen LogP contribution in [0.25, 0.3) is 11.7 Å². The number of amides is 1. The van der Waals surface area contributed by atoms with Crippen LogP contribution in [0.2, 0.25) is 5.15 Å². The molecule has 23 heavy (non-hydrogen) atoms. The van der Waals surface area contributed by atoms with Crippen LogP contribution in [0.15, 0.2) is 54.7 Å². The molecular formula is C18H16ClN3O. The Morgan fingerprint density at radius 2 is 2.17 bits per heavy atom. The molecule has 0 aliphatic carbocycles. The average Bonchev–Trinajstić information content (AvgIpc) is 2.88. The van der Waals surface area contributed by atoms with E-state index in [4.69, 9.17) is 11.6 Å². The normalized spacial score (nSPS) is 11.2. The monoisotopic (exact) mass is 325 g/mol. The van der Waals surface area contributed by atoms with E-state index < -0.39 is 0 Å². The number of halogens is 1. The van der Waals surface area contributed by atoms with Gasteiger partial charge in [-0.05, 0) is 42.3 Å². The molecule has 0 radical (unpaired) electrons. The summed E-state index contributed by atoms with van der Waals surface area (Å²) in [6.07, 6.45) is 5.91. The van der Waals surface area contributed by atoms with Crippen molar-refractivity contribution in [2.45, 2.75) is 13.3 Å². The summed E-state index contributed by atoms with van der Waals surface area (Å²) in [5.41, 5.74) is 3.38. The van der Waals surface area contributed by atoms with Gasteiger partial charge in [-0.1, -0.05) is 36.7 Å². The lowest BCUT2D eigenvalue weighted by atomic mass is 10.1. The predicted octanol–water partition coefficient (Wildman–Crippen LogP) is 4.20. The SMILES string of the molecule is CCc1cccc(NC(=O)C=Cc2c(Cl)nc3ccccn23)c1. The van der Waals surface area contributed by atoms with Gasteiger partial charge in [0.1, 0.15) is 5.65 Å². The molecule has 0 bridgehead atoms. The Morgan fingerprint density at radius 1 is 1.30 bits per heavy atom. The number of carbonyl (C=O) groups excluding carboxylic acids is 1. The summed E-state index contributed by atoms with van der Waals surface area (Å²) < 4.78 is 1.84. The summed E-state index contributed by atoms with van der Waals surface area (Å²) in [7, 11) is 0. The molecule has 1 aromatic carbocycles. The Bertz CT molecular complexity index is 883. The first-order valence-corrected chi connectivity index (χ1v) is 7.76. The minimum absolute atomic E-state index is 0.208. The van der Waals surface area contributed by atoms with Crippen LogP contribution in [-0.2, 0) is 11.2 Å².